The van der Waals surface area contributed by atoms with Crippen LogP contribution in [0.4, 0.5) is 11.4 Å². The van der Waals surface area contributed by atoms with E-state index >= 15 is 0 Å². The van der Waals surface area contributed by atoms with E-state index in [1.807, 2.05) is 0 Å². The van der Waals surface area contributed by atoms with Gasteiger partial charge in [-0.1, -0.05) is 86.5 Å². The molecule has 1 aliphatic carbocycles. The van der Waals surface area contributed by atoms with Gasteiger partial charge in [0.15, 0.2) is 0 Å². The van der Waals surface area contributed by atoms with Gasteiger partial charge in [0.2, 0.25) is 0 Å². The molecular weight excluding hydrogens is 362 g/mol. The summed E-state index contributed by atoms with van der Waals surface area (Å²) in [7, 11) is 0. The topological polar surface area (TPSA) is 3.24 Å². The van der Waals surface area contributed by atoms with Crippen LogP contribution in [0.15, 0.2) is 66.7 Å². The highest BCUT2D eigenvalue weighted by Gasteiger charge is 2.42. The van der Waals surface area contributed by atoms with Gasteiger partial charge in [-0.15, -0.1) is 0 Å². The van der Waals surface area contributed by atoms with E-state index in [9.17, 15) is 0 Å². The first-order valence-corrected chi connectivity index (χ1v) is 11.4. The van der Waals surface area contributed by atoms with Gasteiger partial charge >= 0.3 is 0 Å². The first-order chi connectivity index (χ1) is 14.6. The zero-order valence-corrected chi connectivity index (χ0v) is 18.3. The Hall–Kier alpha value is -2.80. The standard InChI is InChI=1S/C29H31N/c1-20(2)24-15-18-29-27(19-24)26-5-4-6-28(26)30(29)25-16-13-23(14-17-25)12-11-22-9-7-21(3)8-10-22/h7-20,26,28H,4-6H2,1-3H3/b12-11+. The third-order valence-electron chi connectivity index (χ3n) is 6.91. The van der Waals surface area contributed by atoms with E-state index in [2.05, 4.69) is 105 Å². The molecule has 2 unspecified atom stereocenters. The number of nitrogens with zero attached hydrogens (tertiary/aromatic N) is 1. The maximum absolute atomic E-state index is 2.62. The maximum Gasteiger partial charge on any atom is 0.0449 e. The smallest absolute Gasteiger partial charge is 0.0449 e. The Morgan fingerprint density at radius 1 is 0.833 bits per heavy atom. The molecule has 0 radical (unpaired) electrons. The Balaban J connectivity index is 1.42. The molecule has 2 atom stereocenters. The summed E-state index contributed by atoms with van der Waals surface area (Å²) >= 11 is 0. The summed E-state index contributed by atoms with van der Waals surface area (Å²) in [5.74, 6) is 1.28. The summed E-state index contributed by atoms with van der Waals surface area (Å²) in [6.07, 6.45) is 8.37. The fourth-order valence-electron chi connectivity index (χ4n) is 5.19. The molecule has 0 spiro atoms. The lowest BCUT2D eigenvalue weighted by Gasteiger charge is -2.27. The number of hydrogen-bond acceptors (Lipinski definition) is 1. The number of fused-ring (bicyclic) bond motifs is 3. The Kier molecular flexibility index (Phi) is 4.98. The van der Waals surface area contributed by atoms with Gasteiger partial charge in [0, 0.05) is 23.3 Å². The minimum absolute atomic E-state index is 0.587. The average Bonchev–Trinajstić information content (AvgIpc) is 3.34. The van der Waals surface area contributed by atoms with E-state index in [1.54, 1.807) is 5.56 Å². The Morgan fingerprint density at radius 3 is 2.17 bits per heavy atom. The summed E-state index contributed by atoms with van der Waals surface area (Å²) in [5.41, 5.74) is 9.59. The van der Waals surface area contributed by atoms with Gasteiger partial charge in [0.25, 0.3) is 0 Å². The SMILES string of the molecule is Cc1ccc(/C=C/c2ccc(N3c4ccc(C(C)C)cc4C4CCCC43)cc2)cc1. The molecule has 3 aromatic carbocycles. The second kappa shape index (κ2) is 7.80. The molecule has 1 aliphatic heterocycles. The lowest BCUT2D eigenvalue weighted by Crippen LogP contribution is -2.26. The molecule has 0 bridgehead atoms. The highest BCUT2D eigenvalue weighted by molar-refractivity contribution is 5.76. The fourth-order valence-corrected chi connectivity index (χ4v) is 5.19. The van der Waals surface area contributed by atoms with Gasteiger partial charge in [-0.2, -0.15) is 0 Å². The Bertz CT molecular complexity index is 1060. The van der Waals surface area contributed by atoms with Crippen molar-refractivity contribution in [2.75, 3.05) is 4.90 Å². The quantitative estimate of drug-likeness (QED) is 0.405. The normalized spacial score (nSPS) is 20.2. The number of anilines is 2. The Morgan fingerprint density at radius 2 is 1.50 bits per heavy atom. The first-order valence-electron chi connectivity index (χ1n) is 11.4. The number of rotatable bonds is 4. The minimum atomic E-state index is 0.587. The van der Waals surface area contributed by atoms with Crippen LogP contribution in [-0.4, -0.2) is 6.04 Å². The summed E-state index contributed by atoms with van der Waals surface area (Å²) in [6, 6.07) is 25.6. The molecule has 2 aliphatic rings. The fraction of sp³-hybridized carbons (Fsp3) is 0.310. The van der Waals surface area contributed by atoms with E-state index in [1.165, 1.54) is 52.9 Å². The van der Waals surface area contributed by atoms with Crippen molar-refractivity contribution in [1.82, 2.24) is 0 Å². The summed E-state index contributed by atoms with van der Waals surface area (Å²) in [5, 5.41) is 0. The van der Waals surface area contributed by atoms with E-state index in [0.29, 0.717) is 17.9 Å². The molecule has 0 amide bonds. The second-order valence-corrected chi connectivity index (χ2v) is 9.28. The molecule has 1 fully saturated rings. The van der Waals surface area contributed by atoms with E-state index in [4.69, 9.17) is 0 Å². The maximum atomic E-state index is 2.62. The van der Waals surface area contributed by atoms with Gasteiger partial charge < -0.3 is 4.90 Å². The van der Waals surface area contributed by atoms with E-state index in [0.717, 1.165) is 0 Å². The molecule has 0 N–H and O–H groups in total. The van der Waals surface area contributed by atoms with Gasteiger partial charge in [-0.05, 0) is 66.1 Å². The molecule has 3 aromatic rings. The van der Waals surface area contributed by atoms with Gasteiger partial charge in [-0.25, -0.2) is 0 Å². The van der Waals surface area contributed by atoms with Crippen LogP contribution in [-0.2, 0) is 0 Å². The van der Waals surface area contributed by atoms with Crippen molar-refractivity contribution in [2.45, 2.75) is 57.9 Å². The predicted octanol–water partition coefficient (Wildman–Crippen LogP) is 8.08. The molecule has 152 valence electrons. The van der Waals surface area contributed by atoms with E-state index < -0.39 is 0 Å². The third kappa shape index (κ3) is 3.47. The van der Waals surface area contributed by atoms with Crippen molar-refractivity contribution in [1.29, 1.82) is 0 Å². The van der Waals surface area contributed by atoms with Crippen molar-refractivity contribution in [3.8, 4) is 0 Å². The van der Waals surface area contributed by atoms with Crippen molar-refractivity contribution in [3.63, 3.8) is 0 Å². The lowest BCUT2D eigenvalue weighted by molar-refractivity contribution is 0.641. The summed E-state index contributed by atoms with van der Waals surface area (Å²) in [6.45, 7) is 6.72. The average molecular weight is 394 g/mol. The molecule has 1 nitrogen and oxygen atoms in total. The Labute approximate surface area is 181 Å². The van der Waals surface area contributed by atoms with Gasteiger partial charge in [0.1, 0.15) is 0 Å². The molecule has 0 saturated heterocycles. The molecule has 5 rings (SSSR count). The molecule has 1 heterocycles. The lowest BCUT2D eigenvalue weighted by atomic mass is 9.93. The van der Waals surface area contributed by atoms with Crippen LogP contribution in [0.1, 0.15) is 72.8 Å². The van der Waals surface area contributed by atoms with Crippen LogP contribution < -0.4 is 4.90 Å². The monoisotopic (exact) mass is 393 g/mol. The zero-order valence-electron chi connectivity index (χ0n) is 18.3. The van der Waals surface area contributed by atoms with Crippen LogP contribution in [0, 0.1) is 6.92 Å². The molecular formula is C29H31N. The third-order valence-corrected chi connectivity index (χ3v) is 6.91. The van der Waals surface area contributed by atoms with Crippen LogP contribution in [0.25, 0.3) is 12.2 Å². The number of hydrogen-bond donors (Lipinski definition) is 0. The van der Waals surface area contributed by atoms with Crippen molar-refractivity contribution < 1.29 is 0 Å². The second-order valence-electron chi connectivity index (χ2n) is 9.28. The van der Waals surface area contributed by atoms with Crippen LogP contribution >= 0.6 is 0 Å². The molecule has 30 heavy (non-hydrogen) atoms. The molecule has 1 saturated carbocycles. The van der Waals surface area contributed by atoms with Crippen molar-refractivity contribution in [3.05, 3.63) is 94.5 Å². The van der Waals surface area contributed by atoms with Crippen LogP contribution in [0.3, 0.4) is 0 Å². The largest absolute Gasteiger partial charge is 0.338 e. The van der Waals surface area contributed by atoms with Crippen LogP contribution in [0.2, 0.25) is 0 Å². The van der Waals surface area contributed by atoms with Gasteiger partial charge in [0.05, 0.1) is 0 Å². The summed E-state index contributed by atoms with van der Waals surface area (Å²) < 4.78 is 0. The predicted molar refractivity (Wildman–Crippen MR) is 130 cm³/mol. The van der Waals surface area contributed by atoms with Crippen LogP contribution in [0.5, 0.6) is 0 Å². The molecule has 1 heteroatoms. The zero-order chi connectivity index (χ0) is 20.7. The minimum Gasteiger partial charge on any atom is -0.338 e. The number of aryl methyl sites for hydroxylation is 1. The van der Waals surface area contributed by atoms with Crippen molar-refractivity contribution in [2.24, 2.45) is 0 Å². The first kappa shape index (κ1) is 19.2. The van der Waals surface area contributed by atoms with Crippen molar-refractivity contribution >= 4 is 23.5 Å². The highest BCUT2D eigenvalue weighted by atomic mass is 15.2. The van der Waals surface area contributed by atoms with Gasteiger partial charge in [-0.3, -0.25) is 0 Å². The summed E-state index contributed by atoms with van der Waals surface area (Å²) in [4.78, 5) is 2.62. The number of benzene rings is 3. The van der Waals surface area contributed by atoms with E-state index in [-0.39, 0.29) is 0 Å². The highest BCUT2D eigenvalue weighted by Crippen LogP contribution is 2.52. The molecule has 0 aromatic heterocycles.